The molecule has 0 fully saturated rings. The lowest BCUT2D eigenvalue weighted by Gasteiger charge is -2.31. The summed E-state index contributed by atoms with van der Waals surface area (Å²) in [6.07, 6.45) is 2.27. The van der Waals surface area contributed by atoms with Gasteiger partial charge >= 0.3 is 5.95 Å². The van der Waals surface area contributed by atoms with E-state index in [2.05, 4.69) is 26.1 Å². The van der Waals surface area contributed by atoms with Crippen LogP contribution < -0.4 is 10.8 Å². The molecule has 0 saturated heterocycles. The molecule has 158 valence electrons. The lowest BCUT2D eigenvalue weighted by atomic mass is 9.99. The predicted octanol–water partition coefficient (Wildman–Crippen LogP) is 1.53. The average molecular weight is 399 g/mol. The lowest BCUT2D eigenvalue weighted by Crippen LogP contribution is -2.53. The molecule has 1 atom stereocenters. The minimum absolute atomic E-state index is 0.132. The minimum Gasteiger partial charge on any atom is -0.411 e. The van der Waals surface area contributed by atoms with Crippen molar-refractivity contribution in [2.24, 2.45) is 10.3 Å². The number of rotatable bonds is 11. The first-order valence-corrected chi connectivity index (χ1v) is 8.66. The summed E-state index contributed by atoms with van der Waals surface area (Å²) < 4.78 is 1.37. The average Bonchev–Trinajstić information content (AvgIpc) is 3.10. The van der Waals surface area contributed by atoms with E-state index in [1.54, 1.807) is 27.7 Å². The van der Waals surface area contributed by atoms with Crippen LogP contribution >= 0.6 is 0 Å². The van der Waals surface area contributed by atoms with Gasteiger partial charge in [-0.15, -0.1) is 0 Å². The number of oxime groups is 2. The van der Waals surface area contributed by atoms with Gasteiger partial charge in [0.1, 0.15) is 25.0 Å². The van der Waals surface area contributed by atoms with E-state index < -0.39 is 22.1 Å². The van der Waals surface area contributed by atoms with Crippen LogP contribution in [0.2, 0.25) is 0 Å². The van der Waals surface area contributed by atoms with Crippen LogP contribution in [-0.4, -0.2) is 60.0 Å². The fourth-order valence-electron chi connectivity index (χ4n) is 2.03. The van der Waals surface area contributed by atoms with E-state index >= 15 is 0 Å². The Morgan fingerprint density at radius 1 is 1.29 bits per heavy atom. The topological polar surface area (TPSA) is 159 Å². The van der Waals surface area contributed by atoms with E-state index in [4.69, 9.17) is 15.3 Å². The highest BCUT2D eigenvalue weighted by molar-refractivity contribution is 5.90. The third-order valence-corrected chi connectivity index (χ3v) is 4.62. The molecule has 0 unspecified atom stereocenters. The maximum absolute atomic E-state index is 11.1. The van der Waals surface area contributed by atoms with Gasteiger partial charge in [-0.05, 0) is 46.5 Å². The largest absolute Gasteiger partial charge is 0.434 e. The Labute approximate surface area is 163 Å². The van der Waals surface area contributed by atoms with Gasteiger partial charge in [0, 0.05) is 6.54 Å². The van der Waals surface area contributed by atoms with Crippen LogP contribution in [0.15, 0.2) is 22.7 Å². The number of aromatic nitrogens is 2. The monoisotopic (exact) mass is 399 g/mol. The zero-order valence-corrected chi connectivity index (χ0v) is 17.0. The van der Waals surface area contributed by atoms with Gasteiger partial charge in [-0.1, -0.05) is 15.3 Å². The molecule has 4 N–H and O–H groups in total. The second-order valence-corrected chi connectivity index (χ2v) is 7.48. The van der Waals surface area contributed by atoms with Crippen molar-refractivity contribution in [1.82, 2.24) is 20.3 Å². The number of nitrogens with one attached hydrogen (secondary N) is 2. The van der Waals surface area contributed by atoms with Gasteiger partial charge in [0.05, 0.1) is 22.5 Å². The van der Waals surface area contributed by atoms with Crippen molar-refractivity contribution in [3.8, 4) is 0 Å². The Morgan fingerprint density at radius 2 is 1.86 bits per heavy atom. The molecule has 0 bridgehead atoms. The molecular formula is C16H29N7O5. The Bertz CT molecular complexity index is 693. The van der Waals surface area contributed by atoms with Crippen molar-refractivity contribution >= 4 is 17.4 Å². The molecule has 0 aliphatic heterocycles. The zero-order valence-electron chi connectivity index (χ0n) is 17.0. The minimum atomic E-state index is -0.772. The van der Waals surface area contributed by atoms with Gasteiger partial charge in [-0.25, -0.2) is 4.57 Å². The molecule has 1 rings (SSSR count). The summed E-state index contributed by atoms with van der Waals surface area (Å²) in [7, 11) is 0. The summed E-state index contributed by atoms with van der Waals surface area (Å²) >= 11 is 0. The molecule has 12 heteroatoms. The third kappa shape index (κ3) is 6.25. The van der Waals surface area contributed by atoms with E-state index in [0.29, 0.717) is 11.4 Å². The molecule has 12 nitrogen and oxygen atoms in total. The second kappa shape index (κ2) is 9.57. The predicted molar refractivity (Wildman–Crippen MR) is 103 cm³/mol. The van der Waals surface area contributed by atoms with Crippen LogP contribution in [0.5, 0.6) is 0 Å². The fourth-order valence-corrected chi connectivity index (χ4v) is 2.03. The Kier molecular flexibility index (Phi) is 8.02. The van der Waals surface area contributed by atoms with E-state index in [1.165, 1.54) is 17.0 Å². The molecule has 0 radical (unpaired) electrons. The lowest BCUT2D eigenvalue weighted by molar-refractivity contribution is -0.397. The van der Waals surface area contributed by atoms with Crippen molar-refractivity contribution in [1.29, 1.82) is 0 Å². The van der Waals surface area contributed by atoms with E-state index in [-0.39, 0.29) is 19.0 Å². The summed E-state index contributed by atoms with van der Waals surface area (Å²) in [5.41, 5.74) is 2.30. The van der Waals surface area contributed by atoms with Gasteiger partial charge in [-0.2, -0.15) is 5.48 Å². The van der Waals surface area contributed by atoms with Crippen LogP contribution in [0.4, 0.5) is 5.95 Å². The molecule has 0 amide bonds. The molecule has 0 aromatic carbocycles. The molecule has 0 aliphatic rings. The summed E-state index contributed by atoms with van der Waals surface area (Å²) in [4.78, 5) is 20.0. The van der Waals surface area contributed by atoms with Crippen LogP contribution in [0, 0.1) is 10.1 Å². The smallest absolute Gasteiger partial charge is 0.411 e. The van der Waals surface area contributed by atoms with E-state index in [1.807, 2.05) is 13.8 Å². The Hall–Kier alpha value is -2.57. The summed E-state index contributed by atoms with van der Waals surface area (Å²) in [6, 6.07) is 0. The number of imidazole rings is 1. The number of nitro groups is 1. The number of hydroxylamine groups is 1. The molecule has 0 aliphatic carbocycles. The van der Waals surface area contributed by atoms with Crippen LogP contribution in [-0.2, 0) is 11.4 Å². The molecule has 28 heavy (non-hydrogen) atoms. The first-order valence-electron chi connectivity index (χ1n) is 8.66. The molecule has 1 heterocycles. The van der Waals surface area contributed by atoms with Gasteiger partial charge < -0.3 is 25.8 Å². The highest BCUT2D eigenvalue weighted by Crippen LogP contribution is 2.13. The molecule has 1 aromatic rings. The van der Waals surface area contributed by atoms with Crippen LogP contribution in [0.25, 0.3) is 0 Å². The van der Waals surface area contributed by atoms with Gasteiger partial charge in [0.25, 0.3) is 0 Å². The van der Waals surface area contributed by atoms with Crippen molar-refractivity contribution in [2.45, 2.75) is 65.3 Å². The quantitative estimate of drug-likeness (QED) is 0.189. The van der Waals surface area contributed by atoms with Crippen molar-refractivity contribution in [2.75, 3.05) is 6.54 Å². The fraction of sp³-hybridized carbons (Fsp3) is 0.688. The van der Waals surface area contributed by atoms with Crippen LogP contribution in [0.3, 0.4) is 0 Å². The molecule has 1 aromatic heterocycles. The number of hydrogen-bond donors (Lipinski definition) is 4. The molecule has 0 saturated carbocycles. The first kappa shape index (κ1) is 23.5. The van der Waals surface area contributed by atoms with Gasteiger partial charge in [0.15, 0.2) is 0 Å². The highest BCUT2D eigenvalue weighted by atomic mass is 16.7. The van der Waals surface area contributed by atoms with E-state index in [0.717, 1.165) is 0 Å². The van der Waals surface area contributed by atoms with Crippen molar-refractivity contribution in [3.05, 3.63) is 22.5 Å². The number of hydrogen-bond acceptors (Lipinski definition) is 10. The first-order chi connectivity index (χ1) is 12.9. The maximum atomic E-state index is 11.1. The SMILES string of the molecule is C/C(=N/O)C(C)(C)NC[C@@H](Cn1ccnc1[N+](=O)[O-])ONC(C)(C)/C(C)=N/O. The Morgan fingerprint density at radius 3 is 2.39 bits per heavy atom. The standard InChI is InChI=1S/C16H29N7O5/c1-11(19-24)15(3,4)18-9-13(28-21-16(5,6)12(2)20-25)10-22-8-7-17-14(22)23(26)27/h7-8,13,18,21,24-25H,9-10H2,1-6H3/b19-11-,20-12+/t13-/m0/s1. The number of nitrogens with zero attached hydrogens (tertiary/aromatic N) is 5. The van der Waals surface area contributed by atoms with Crippen molar-refractivity contribution in [3.63, 3.8) is 0 Å². The Balaban J connectivity index is 2.96. The van der Waals surface area contributed by atoms with Crippen LogP contribution in [0.1, 0.15) is 41.5 Å². The highest BCUT2D eigenvalue weighted by Gasteiger charge is 2.28. The molecule has 0 spiro atoms. The van der Waals surface area contributed by atoms with Gasteiger partial charge in [0.2, 0.25) is 0 Å². The third-order valence-electron chi connectivity index (χ3n) is 4.62. The van der Waals surface area contributed by atoms with Crippen molar-refractivity contribution < 1.29 is 20.2 Å². The maximum Gasteiger partial charge on any atom is 0.434 e. The summed E-state index contributed by atoms with van der Waals surface area (Å²) in [6.45, 7) is 10.9. The molecular weight excluding hydrogens is 370 g/mol. The summed E-state index contributed by atoms with van der Waals surface area (Å²) in [5, 5.41) is 38.7. The van der Waals surface area contributed by atoms with Gasteiger partial charge in [-0.3, -0.25) is 4.84 Å². The normalized spacial score (nSPS) is 14.9. The second-order valence-electron chi connectivity index (χ2n) is 7.48. The zero-order chi connectivity index (χ0) is 21.5. The summed E-state index contributed by atoms with van der Waals surface area (Å²) in [5.74, 6) is -0.298. The van der Waals surface area contributed by atoms with E-state index in [9.17, 15) is 10.1 Å².